The highest BCUT2D eigenvalue weighted by atomic mass is 32.2. The van der Waals surface area contributed by atoms with E-state index in [2.05, 4.69) is 57.6 Å². The number of hydrogen-bond donors (Lipinski definition) is 3. The average molecular weight is 545 g/mol. The fraction of sp³-hybridized carbons (Fsp3) is 0.259. The van der Waals surface area contributed by atoms with Gasteiger partial charge in [-0.15, -0.1) is 0 Å². The minimum absolute atomic E-state index is 0.0155. The van der Waals surface area contributed by atoms with Gasteiger partial charge in [-0.25, -0.2) is 15.0 Å². The number of aromatic nitrogens is 4. The van der Waals surface area contributed by atoms with Crippen LogP contribution in [-0.4, -0.2) is 57.4 Å². The van der Waals surface area contributed by atoms with E-state index >= 15 is 0 Å². The van der Waals surface area contributed by atoms with Crippen LogP contribution in [-0.2, 0) is 5.41 Å². The minimum atomic E-state index is -2.46. The molecule has 4 rings (SSSR count). The Hall–Kier alpha value is -3.87. The summed E-state index contributed by atoms with van der Waals surface area (Å²) in [5.41, 5.74) is -1.25. The molecule has 0 fully saturated rings. The van der Waals surface area contributed by atoms with Gasteiger partial charge >= 0.3 is 0 Å². The summed E-state index contributed by atoms with van der Waals surface area (Å²) in [7, 11) is 7.21. The molecule has 2 aromatic heterocycles. The summed E-state index contributed by atoms with van der Waals surface area (Å²) in [4.78, 5) is 18.3. The standard InChI is InChI=1S/C27H28BN5O5S/c1-26(2,3)17-10-12-18(13-11-17)39-33-22-21(37-20-9-6-5-8-19(20)36-4)25(38-27(28,35)16-34)32-24(31-22)23-29-14-7-15-30-23/h5-15,34-35H,16H2,1-4H3,(H,31,32,33). The van der Waals surface area contributed by atoms with Crippen LogP contribution in [0.15, 0.2) is 71.9 Å². The molecule has 3 N–H and O–H groups in total. The van der Waals surface area contributed by atoms with Crippen molar-refractivity contribution in [3.8, 4) is 34.8 Å². The van der Waals surface area contributed by atoms with Crippen molar-refractivity contribution in [3.05, 3.63) is 72.6 Å². The Bertz CT molecular complexity index is 1400. The maximum atomic E-state index is 10.3. The van der Waals surface area contributed by atoms with Crippen molar-refractivity contribution in [1.82, 2.24) is 19.9 Å². The fourth-order valence-corrected chi connectivity index (χ4v) is 3.94. The molecule has 0 bridgehead atoms. The van der Waals surface area contributed by atoms with Crippen molar-refractivity contribution in [2.24, 2.45) is 0 Å². The third-order valence-corrected chi connectivity index (χ3v) is 6.17. The summed E-state index contributed by atoms with van der Waals surface area (Å²) >= 11 is 1.27. The Morgan fingerprint density at radius 1 is 0.923 bits per heavy atom. The van der Waals surface area contributed by atoms with Gasteiger partial charge in [-0.3, -0.25) is 0 Å². The molecule has 0 saturated carbocycles. The van der Waals surface area contributed by atoms with Gasteiger partial charge in [0.05, 0.1) is 13.7 Å². The molecule has 2 aromatic carbocycles. The molecule has 12 heteroatoms. The predicted octanol–water partition coefficient (Wildman–Crippen LogP) is 4.34. The summed E-state index contributed by atoms with van der Waals surface area (Å²) < 4.78 is 20.2. The van der Waals surface area contributed by atoms with E-state index in [1.54, 1.807) is 30.3 Å². The largest absolute Gasteiger partial charge is 0.493 e. The van der Waals surface area contributed by atoms with Crippen LogP contribution in [0.5, 0.6) is 23.1 Å². The first-order chi connectivity index (χ1) is 18.6. The SMILES string of the molecule is [B]C(O)(CO)Oc1nc(-c2ncccn2)nc(NSc2ccc(C(C)(C)C)cc2)c1Oc1ccccc1OC. The van der Waals surface area contributed by atoms with E-state index in [9.17, 15) is 10.2 Å². The number of aliphatic hydroxyl groups is 2. The molecule has 0 saturated heterocycles. The van der Waals surface area contributed by atoms with E-state index < -0.39 is 12.3 Å². The van der Waals surface area contributed by atoms with Gasteiger partial charge in [-0.1, -0.05) is 45.0 Å². The maximum absolute atomic E-state index is 10.3. The van der Waals surface area contributed by atoms with E-state index in [4.69, 9.17) is 22.1 Å². The normalized spacial score (nSPS) is 12.9. The number of para-hydroxylation sites is 2. The second-order valence-corrected chi connectivity index (χ2v) is 10.3. The van der Waals surface area contributed by atoms with Crippen LogP contribution < -0.4 is 18.9 Å². The van der Waals surface area contributed by atoms with E-state index in [0.29, 0.717) is 11.5 Å². The fourth-order valence-electron chi connectivity index (χ4n) is 3.32. The predicted molar refractivity (Wildman–Crippen MR) is 149 cm³/mol. The number of nitrogens with one attached hydrogen (secondary N) is 1. The molecule has 2 heterocycles. The molecule has 0 amide bonds. The third-order valence-electron chi connectivity index (χ3n) is 5.37. The highest BCUT2D eigenvalue weighted by molar-refractivity contribution is 8.00. The molecule has 200 valence electrons. The zero-order chi connectivity index (χ0) is 28.0. The highest BCUT2D eigenvalue weighted by Crippen LogP contribution is 2.42. The second kappa shape index (κ2) is 11.9. The topological polar surface area (TPSA) is 132 Å². The van der Waals surface area contributed by atoms with Gasteiger partial charge in [0.15, 0.2) is 36.7 Å². The van der Waals surface area contributed by atoms with Gasteiger partial charge < -0.3 is 29.1 Å². The van der Waals surface area contributed by atoms with Crippen molar-refractivity contribution in [1.29, 1.82) is 0 Å². The van der Waals surface area contributed by atoms with Crippen LogP contribution in [0.2, 0.25) is 0 Å². The lowest BCUT2D eigenvalue weighted by Gasteiger charge is -2.25. The first-order valence-corrected chi connectivity index (χ1v) is 12.8. The zero-order valence-corrected chi connectivity index (χ0v) is 22.8. The lowest BCUT2D eigenvalue weighted by Crippen LogP contribution is -2.40. The first-order valence-electron chi connectivity index (χ1n) is 11.9. The van der Waals surface area contributed by atoms with E-state index in [0.717, 1.165) is 4.90 Å². The molecule has 0 spiro atoms. The molecule has 1 unspecified atom stereocenters. The number of methoxy groups -OCH3 is 1. The number of benzene rings is 2. The average Bonchev–Trinajstić information content (AvgIpc) is 2.93. The van der Waals surface area contributed by atoms with Crippen LogP contribution >= 0.6 is 11.9 Å². The smallest absolute Gasteiger partial charge is 0.265 e. The lowest BCUT2D eigenvalue weighted by molar-refractivity contribution is -0.0990. The summed E-state index contributed by atoms with van der Waals surface area (Å²) in [6, 6.07) is 16.7. The lowest BCUT2D eigenvalue weighted by atomic mass is 9.87. The van der Waals surface area contributed by atoms with Crippen LogP contribution in [0.4, 0.5) is 5.82 Å². The van der Waals surface area contributed by atoms with Crippen LogP contribution in [0.25, 0.3) is 11.6 Å². The summed E-state index contributed by atoms with van der Waals surface area (Å²) in [5, 5.41) is 19.9. The Kier molecular flexibility index (Phi) is 8.58. The Labute approximate surface area is 232 Å². The zero-order valence-electron chi connectivity index (χ0n) is 22.0. The molecule has 10 nitrogen and oxygen atoms in total. The minimum Gasteiger partial charge on any atom is -0.493 e. The van der Waals surface area contributed by atoms with Gasteiger partial charge in [0.25, 0.3) is 5.88 Å². The molecule has 1 atom stereocenters. The van der Waals surface area contributed by atoms with Crippen LogP contribution in [0.1, 0.15) is 26.3 Å². The van der Waals surface area contributed by atoms with Gasteiger partial charge in [0.2, 0.25) is 11.6 Å². The number of anilines is 1. The maximum Gasteiger partial charge on any atom is 0.265 e. The van der Waals surface area contributed by atoms with E-state index in [1.807, 2.05) is 12.1 Å². The molecular formula is C27H28BN5O5S. The first kappa shape index (κ1) is 28.2. The summed E-state index contributed by atoms with van der Waals surface area (Å²) in [6.45, 7) is 5.53. The van der Waals surface area contributed by atoms with Gasteiger partial charge in [-0.05, 0) is 53.3 Å². The molecular weight excluding hydrogens is 517 g/mol. The molecule has 0 aliphatic carbocycles. The summed E-state index contributed by atoms with van der Waals surface area (Å²) in [6.07, 6.45) is 3.08. The highest BCUT2D eigenvalue weighted by Gasteiger charge is 2.28. The van der Waals surface area contributed by atoms with Gasteiger partial charge in [0.1, 0.15) is 0 Å². The van der Waals surface area contributed by atoms with E-state index in [-0.39, 0.29) is 34.5 Å². The second-order valence-electron chi connectivity index (χ2n) is 9.44. The van der Waals surface area contributed by atoms with E-state index in [1.165, 1.54) is 37.0 Å². The Morgan fingerprint density at radius 3 is 2.21 bits per heavy atom. The number of nitrogens with zero attached hydrogens (tertiary/aromatic N) is 4. The number of rotatable bonds is 10. The molecule has 2 radical (unpaired) electrons. The van der Waals surface area contributed by atoms with Crippen LogP contribution in [0.3, 0.4) is 0 Å². The van der Waals surface area contributed by atoms with Crippen molar-refractivity contribution in [3.63, 3.8) is 0 Å². The van der Waals surface area contributed by atoms with Crippen molar-refractivity contribution >= 4 is 25.6 Å². The quantitative estimate of drug-likeness (QED) is 0.149. The summed E-state index contributed by atoms with van der Waals surface area (Å²) in [5.74, 6) is 0.909. The Balaban J connectivity index is 1.80. The third kappa shape index (κ3) is 7.17. The van der Waals surface area contributed by atoms with Crippen molar-refractivity contribution in [2.75, 3.05) is 18.4 Å². The Morgan fingerprint density at radius 2 is 1.59 bits per heavy atom. The molecule has 0 aliphatic heterocycles. The number of ether oxygens (including phenoxy) is 3. The molecule has 0 aliphatic rings. The molecule has 39 heavy (non-hydrogen) atoms. The van der Waals surface area contributed by atoms with Crippen molar-refractivity contribution < 1.29 is 24.4 Å². The molecule has 4 aromatic rings. The van der Waals surface area contributed by atoms with Crippen LogP contribution in [0, 0.1) is 0 Å². The van der Waals surface area contributed by atoms with Gasteiger partial charge in [0, 0.05) is 17.3 Å². The monoisotopic (exact) mass is 545 g/mol. The number of hydrogen-bond acceptors (Lipinski definition) is 11. The van der Waals surface area contributed by atoms with Crippen molar-refractivity contribution in [2.45, 2.75) is 36.8 Å². The number of aliphatic hydroxyl groups excluding tert-OH is 1. The van der Waals surface area contributed by atoms with Gasteiger partial charge in [-0.2, -0.15) is 4.98 Å².